The second kappa shape index (κ2) is 6.46. The van der Waals surface area contributed by atoms with Crippen LogP contribution in [-0.2, 0) is 4.79 Å². The molecule has 5 heteroatoms. The third-order valence-electron chi connectivity index (χ3n) is 3.98. The van der Waals surface area contributed by atoms with E-state index in [9.17, 15) is 4.79 Å². The van der Waals surface area contributed by atoms with Gasteiger partial charge in [0.25, 0.3) is 0 Å². The number of nitrogen functional groups attached to an aromatic ring is 1. The first-order valence-corrected chi connectivity index (χ1v) is 7.40. The van der Waals surface area contributed by atoms with Crippen molar-refractivity contribution in [3.05, 3.63) is 23.2 Å². The minimum atomic E-state index is -0.0196. The van der Waals surface area contributed by atoms with Gasteiger partial charge in [0.05, 0.1) is 11.4 Å². The first-order chi connectivity index (χ1) is 9.47. The maximum Gasteiger partial charge on any atom is 0.225 e. The predicted octanol–water partition coefficient (Wildman–Crippen LogP) is 2.98. The van der Waals surface area contributed by atoms with Crippen LogP contribution in [0, 0.1) is 5.92 Å². The standard InChI is InChI=1S/C15H22ClN3O/c1-10(11-3-4-11)19(2)8-7-15(20)18-14-6-5-12(16)9-13(14)17/h5-6,9-11H,3-4,7-8,17H2,1-2H3,(H,18,20). The summed E-state index contributed by atoms with van der Waals surface area (Å²) in [6.45, 7) is 2.99. The molecule has 20 heavy (non-hydrogen) atoms. The summed E-state index contributed by atoms with van der Waals surface area (Å²) in [6.07, 6.45) is 3.10. The van der Waals surface area contributed by atoms with Gasteiger partial charge in [-0.2, -0.15) is 0 Å². The van der Waals surface area contributed by atoms with Gasteiger partial charge in [-0.25, -0.2) is 0 Å². The Morgan fingerprint density at radius 1 is 1.55 bits per heavy atom. The van der Waals surface area contributed by atoms with Crippen LogP contribution in [0.15, 0.2) is 18.2 Å². The van der Waals surface area contributed by atoms with Gasteiger partial charge in [-0.1, -0.05) is 11.6 Å². The lowest BCUT2D eigenvalue weighted by Gasteiger charge is -2.24. The summed E-state index contributed by atoms with van der Waals surface area (Å²) in [6, 6.07) is 5.64. The van der Waals surface area contributed by atoms with Gasteiger partial charge in [-0.3, -0.25) is 4.79 Å². The molecule has 0 heterocycles. The molecule has 110 valence electrons. The Hall–Kier alpha value is -1.26. The number of nitrogens with one attached hydrogen (secondary N) is 1. The molecule has 2 rings (SSSR count). The molecule has 1 aliphatic carbocycles. The molecule has 1 amide bonds. The van der Waals surface area contributed by atoms with Gasteiger partial charge in [0.2, 0.25) is 5.91 Å². The quantitative estimate of drug-likeness (QED) is 0.793. The Bertz CT molecular complexity index is 488. The highest BCUT2D eigenvalue weighted by molar-refractivity contribution is 6.31. The predicted molar refractivity (Wildman–Crippen MR) is 83.9 cm³/mol. The third kappa shape index (κ3) is 4.12. The number of nitrogens with zero attached hydrogens (tertiary/aromatic N) is 1. The molecule has 0 spiro atoms. The zero-order chi connectivity index (χ0) is 14.7. The Labute approximate surface area is 125 Å². The van der Waals surface area contributed by atoms with Crippen LogP contribution in [0.3, 0.4) is 0 Å². The zero-order valence-electron chi connectivity index (χ0n) is 12.0. The molecule has 3 N–H and O–H groups in total. The number of halogens is 1. The van der Waals surface area contributed by atoms with Crippen molar-refractivity contribution in [1.82, 2.24) is 4.90 Å². The summed E-state index contributed by atoms with van der Waals surface area (Å²) < 4.78 is 0. The smallest absolute Gasteiger partial charge is 0.225 e. The molecule has 4 nitrogen and oxygen atoms in total. The van der Waals surface area contributed by atoms with Gasteiger partial charge in [-0.15, -0.1) is 0 Å². The monoisotopic (exact) mass is 295 g/mol. The lowest BCUT2D eigenvalue weighted by Crippen LogP contribution is -2.33. The molecule has 0 saturated heterocycles. The number of anilines is 2. The molecule has 1 fully saturated rings. The second-order valence-corrected chi connectivity index (χ2v) is 6.02. The van der Waals surface area contributed by atoms with Gasteiger partial charge in [-0.05, 0) is 50.9 Å². The number of hydrogen-bond acceptors (Lipinski definition) is 3. The molecule has 0 radical (unpaired) electrons. The van der Waals surface area contributed by atoms with Crippen molar-refractivity contribution in [1.29, 1.82) is 0 Å². The molecule has 1 aliphatic rings. The van der Waals surface area contributed by atoms with E-state index in [1.165, 1.54) is 12.8 Å². The van der Waals surface area contributed by atoms with E-state index in [0.29, 0.717) is 28.9 Å². The Morgan fingerprint density at radius 3 is 2.85 bits per heavy atom. The topological polar surface area (TPSA) is 58.4 Å². The zero-order valence-corrected chi connectivity index (χ0v) is 12.8. The number of amides is 1. The van der Waals surface area contributed by atoms with Gasteiger partial charge in [0.15, 0.2) is 0 Å². The Balaban J connectivity index is 1.80. The van der Waals surface area contributed by atoms with Crippen LogP contribution in [-0.4, -0.2) is 30.4 Å². The highest BCUT2D eigenvalue weighted by Gasteiger charge is 2.30. The maximum atomic E-state index is 11.9. The Kier molecular flexibility index (Phi) is 4.89. The molecule has 1 saturated carbocycles. The molecule has 0 bridgehead atoms. The summed E-state index contributed by atoms with van der Waals surface area (Å²) in [5.74, 6) is 0.795. The molecule has 0 aliphatic heterocycles. The summed E-state index contributed by atoms with van der Waals surface area (Å²) >= 11 is 5.83. The number of rotatable bonds is 6. The fourth-order valence-corrected chi connectivity index (χ4v) is 2.46. The van der Waals surface area contributed by atoms with Crippen LogP contribution in [0.25, 0.3) is 0 Å². The summed E-state index contributed by atoms with van der Waals surface area (Å²) in [5.41, 5.74) is 6.93. The highest BCUT2D eigenvalue weighted by Crippen LogP contribution is 2.34. The number of hydrogen-bond donors (Lipinski definition) is 2. The van der Waals surface area contributed by atoms with Crippen LogP contribution < -0.4 is 11.1 Å². The van der Waals surface area contributed by atoms with Crippen molar-refractivity contribution in [2.45, 2.75) is 32.2 Å². The molecular formula is C15H22ClN3O. The van der Waals surface area contributed by atoms with Gasteiger partial charge in [0.1, 0.15) is 0 Å². The van der Waals surface area contributed by atoms with E-state index in [0.717, 1.165) is 12.5 Å². The maximum absolute atomic E-state index is 11.9. The second-order valence-electron chi connectivity index (χ2n) is 5.59. The molecule has 1 aromatic rings. The molecule has 1 atom stereocenters. The molecule has 0 aromatic heterocycles. The third-order valence-corrected chi connectivity index (χ3v) is 4.21. The minimum absolute atomic E-state index is 0.0196. The van der Waals surface area contributed by atoms with Crippen LogP contribution >= 0.6 is 11.6 Å². The molecular weight excluding hydrogens is 274 g/mol. The SMILES string of the molecule is CC(C1CC1)N(C)CCC(=O)Nc1ccc(Cl)cc1N. The van der Waals surface area contributed by atoms with Crippen LogP contribution in [0.4, 0.5) is 11.4 Å². The van der Waals surface area contributed by atoms with Crippen LogP contribution in [0.5, 0.6) is 0 Å². The molecule has 1 unspecified atom stereocenters. The van der Waals surface area contributed by atoms with E-state index < -0.39 is 0 Å². The number of benzene rings is 1. The van der Waals surface area contributed by atoms with E-state index in [2.05, 4.69) is 24.2 Å². The first kappa shape index (κ1) is 15.1. The normalized spacial score (nSPS) is 16.2. The van der Waals surface area contributed by atoms with Crippen molar-refractivity contribution in [3.63, 3.8) is 0 Å². The summed E-state index contributed by atoms with van der Waals surface area (Å²) in [4.78, 5) is 14.2. The van der Waals surface area contributed by atoms with E-state index in [1.54, 1.807) is 18.2 Å². The van der Waals surface area contributed by atoms with Crippen LogP contribution in [0.2, 0.25) is 5.02 Å². The number of carbonyl (C=O) groups is 1. The Morgan fingerprint density at radius 2 is 2.25 bits per heavy atom. The van der Waals surface area contributed by atoms with Gasteiger partial charge < -0.3 is 16.0 Å². The molecule has 1 aromatic carbocycles. The van der Waals surface area contributed by atoms with Crippen molar-refractivity contribution in [2.24, 2.45) is 5.92 Å². The largest absolute Gasteiger partial charge is 0.397 e. The lowest BCUT2D eigenvalue weighted by molar-refractivity contribution is -0.116. The van der Waals surface area contributed by atoms with E-state index >= 15 is 0 Å². The van der Waals surface area contributed by atoms with E-state index in [1.807, 2.05) is 0 Å². The van der Waals surface area contributed by atoms with Gasteiger partial charge in [0, 0.05) is 24.0 Å². The number of carbonyl (C=O) groups excluding carboxylic acids is 1. The highest BCUT2D eigenvalue weighted by atomic mass is 35.5. The number of nitrogens with two attached hydrogens (primary N) is 1. The van der Waals surface area contributed by atoms with Crippen molar-refractivity contribution in [2.75, 3.05) is 24.6 Å². The lowest BCUT2D eigenvalue weighted by atomic mass is 10.2. The van der Waals surface area contributed by atoms with E-state index in [-0.39, 0.29) is 5.91 Å². The average Bonchev–Trinajstić information content (AvgIpc) is 3.23. The minimum Gasteiger partial charge on any atom is -0.397 e. The van der Waals surface area contributed by atoms with Crippen molar-refractivity contribution in [3.8, 4) is 0 Å². The fourth-order valence-electron chi connectivity index (χ4n) is 2.28. The first-order valence-electron chi connectivity index (χ1n) is 7.02. The summed E-state index contributed by atoms with van der Waals surface area (Å²) in [5, 5.41) is 3.40. The van der Waals surface area contributed by atoms with Gasteiger partial charge >= 0.3 is 0 Å². The van der Waals surface area contributed by atoms with Crippen LogP contribution in [0.1, 0.15) is 26.2 Å². The van der Waals surface area contributed by atoms with E-state index in [4.69, 9.17) is 17.3 Å². The summed E-state index contributed by atoms with van der Waals surface area (Å²) in [7, 11) is 2.08. The average molecular weight is 296 g/mol. The fraction of sp³-hybridized carbons (Fsp3) is 0.533. The van der Waals surface area contributed by atoms with Crippen molar-refractivity contribution < 1.29 is 4.79 Å². The van der Waals surface area contributed by atoms with Crippen molar-refractivity contribution >= 4 is 28.9 Å².